The van der Waals surface area contributed by atoms with Crippen LogP contribution in [0, 0.1) is 0 Å². The molecule has 0 spiro atoms. The van der Waals surface area contributed by atoms with Crippen molar-refractivity contribution in [1.29, 1.82) is 0 Å². The molecule has 1 aromatic heterocycles. The van der Waals surface area contributed by atoms with Crippen molar-refractivity contribution in [2.45, 2.75) is 6.43 Å². The van der Waals surface area contributed by atoms with Gasteiger partial charge in [0.2, 0.25) is 0 Å². The number of hydrogen-bond donors (Lipinski definition) is 0. The summed E-state index contributed by atoms with van der Waals surface area (Å²) in [5, 5.41) is -0.0880. The molecule has 0 bridgehead atoms. The zero-order chi connectivity index (χ0) is 6.85. The van der Waals surface area contributed by atoms with Crippen LogP contribution in [0.1, 0.15) is 11.3 Å². The molecular formula is C4H2ClF2NS. The Hall–Kier alpha value is -0.220. The van der Waals surface area contributed by atoms with E-state index in [1.54, 1.807) is 0 Å². The maximum absolute atomic E-state index is 11.7. The Morgan fingerprint density at radius 3 is 2.56 bits per heavy atom. The van der Waals surface area contributed by atoms with Crippen molar-refractivity contribution >= 4 is 22.9 Å². The summed E-state index contributed by atoms with van der Waals surface area (Å²) >= 11 is 6.12. The Morgan fingerprint density at radius 2 is 2.33 bits per heavy atom. The fourth-order valence-electron chi connectivity index (χ4n) is 0.383. The fraction of sp³-hybridized carbons (Fsp3) is 0.250. The minimum absolute atomic E-state index is 0.0880. The zero-order valence-corrected chi connectivity index (χ0v) is 5.72. The molecule has 0 radical (unpaired) electrons. The maximum Gasteiger partial charge on any atom is 0.275 e. The second-order valence-corrected chi connectivity index (χ2v) is 2.55. The van der Waals surface area contributed by atoms with Crippen LogP contribution >= 0.6 is 22.9 Å². The number of nitrogens with zero attached hydrogens (tertiary/aromatic N) is 1. The van der Waals surface area contributed by atoms with Crippen LogP contribution in [-0.4, -0.2) is 4.98 Å². The van der Waals surface area contributed by atoms with E-state index in [0.717, 1.165) is 11.3 Å². The van der Waals surface area contributed by atoms with E-state index < -0.39 is 6.43 Å². The summed E-state index contributed by atoms with van der Waals surface area (Å²) in [6.45, 7) is 0. The normalized spacial score (nSPS) is 10.7. The number of hydrogen-bond acceptors (Lipinski definition) is 2. The third-order valence-corrected chi connectivity index (χ3v) is 2.00. The molecule has 0 aromatic carbocycles. The summed E-state index contributed by atoms with van der Waals surface area (Å²) in [5.74, 6) is 0. The first-order chi connectivity index (χ1) is 4.22. The number of aromatic nitrogens is 1. The van der Waals surface area contributed by atoms with Gasteiger partial charge in [-0.25, -0.2) is 13.8 Å². The molecule has 1 aromatic rings. The van der Waals surface area contributed by atoms with Gasteiger partial charge in [0.1, 0.15) is 10.0 Å². The first-order valence-electron chi connectivity index (χ1n) is 2.09. The highest BCUT2D eigenvalue weighted by Gasteiger charge is 2.13. The Kier molecular flexibility index (Phi) is 1.97. The van der Waals surface area contributed by atoms with Gasteiger partial charge >= 0.3 is 0 Å². The summed E-state index contributed by atoms with van der Waals surface area (Å²) in [4.78, 5) is 3.29. The molecule has 0 atom stereocenters. The maximum atomic E-state index is 11.7. The average molecular weight is 170 g/mol. The van der Waals surface area contributed by atoms with Gasteiger partial charge in [-0.3, -0.25) is 0 Å². The van der Waals surface area contributed by atoms with Crippen molar-refractivity contribution < 1.29 is 8.78 Å². The van der Waals surface area contributed by atoms with E-state index in [2.05, 4.69) is 4.98 Å². The average Bonchev–Trinajstić information content (AvgIpc) is 2.13. The second kappa shape index (κ2) is 2.58. The van der Waals surface area contributed by atoms with Crippen LogP contribution in [0.15, 0.2) is 5.51 Å². The Morgan fingerprint density at radius 1 is 1.67 bits per heavy atom. The van der Waals surface area contributed by atoms with E-state index in [4.69, 9.17) is 11.6 Å². The summed E-state index contributed by atoms with van der Waals surface area (Å²) in [7, 11) is 0. The molecule has 0 unspecified atom stereocenters. The fourth-order valence-corrected chi connectivity index (χ4v) is 1.23. The van der Waals surface area contributed by atoms with E-state index in [1.165, 1.54) is 5.51 Å². The predicted octanol–water partition coefficient (Wildman–Crippen LogP) is 2.73. The van der Waals surface area contributed by atoms with Gasteiger partial charge in [0, 0.05) is 0 Å². The summed E-state index contributed by atoms with van der Waals surface area (Å²) in [5.41, 5.74) is 1.30. The molecule has 0 aliphatic carbocycles. The largest absolute Gasteiger partial charge is 0.275 e. The molecule has 9 heavy (non-hydrogen) atoms. The predicted molar refractivity (Wildman–Crippen MR) is 32.1 cm³/mol. The summed E-state index contributed by atoms with van der Waals surface area (Å²) < 4.78 is 23.5. The topological polar surface area (TPSA) is 12.9 Å². The van der Waals surface area contributed by atoms with Crippen molar-refractivity contribution in [1.82, 2.24) is 4.98 Å². The van der Waals surface area contributed by atoms with Gasteiger partial charge in [-0.1, -0.05) is 11.6 Å². The first kappa shape index (κ1) is 6.89. The van der Waals surface area contributed by atoms with E-state index in [1.807, 2.05) is 0 Å². The smallest absolute Gasteiger partial charge is 0.232 e. The van der Waals surface area contributed by atoms with Crippen LogP contribution in [0.25, 0.3) is 0 Å². The quantitative estimate of drug-likeness (QED) is 0.630. The molecule has 1 heterocycles. The summed E-state index contributed by atoms with van der Waals surface area (Å²) in [6.07, 6.45) is -2.50. The lowest BCUT2D eigenvalue weighted by atomic mass is 10.6. The lowest BCUT2D eigenvalue weighted by Gasteiger charge is -1.89. The molecule has 0 N–H and O–H groups in total. The molecule has 50 valence electrons. The third-order valence-electron chi connectivity index (χ3n) is 0.747. The molecular weight excluding hydrogens is 168 g/mol. The van der Waals surface area contributed by atoms with E-state index >= 15 is 0 Å². The van der Waals surface area contributed by atoms with E-state index in [0.29, 0.717) is 0 Å². The Balaban J connectivity index is 2.94. The Bertz CT molecular complexity index is 200. The molecule has 0 amide bonds. The number of rotatable bonds is 1. The van der Waals surface area contributed by atoms with Gasteiger partial charge in [0.05, 0.1) is 5.51 Å². The van der Waals surface area contributed by atoms with Crippen LogP contribution in [-0.2, 0) is 0 Å². The molecule has 0 aliphatic rings. The molecule has 1 nitrogen and oxygen atoms in total. The van der Waals surface area contributed by atoms with Crippen LogP contribution in [0.5, 0.6) is 0 Å². The SMILES string of the molecule is FC(F)c1scnc1Cl. The van der Waals surface area contributed by atoms with Crippen LogP contribution < -0.4 is 0 Å². The number of halogens is 3. The molecule has 0 aliphatic heterocycles. The van der Waals surface area contributed by atoms with Crippen molar-refractivity contribution in [2.24, 2.45) is 0 Å². The Labute approximate surface area is 59.3 Å². The number of alkyl halides is 2. The van der Waals surface area contributed by atoms with Crippen LogP contribution in [0.3, 0.4) is 0 Å². The lowest BCUT2D eigenvalue weighted by Crippen LogP contribution is -1.76. The standard InChI is InChI=1S/C4H2ClF2NS/c5-3-2(4(6)7)9-1-8-3/h1,4H. The molecule has 0 saturated heterocycles. The second-order valence-electron chi connectivity index (χ2n) is 1.31. The summed E-state index contributed by atoms with van der Waals surface area (Å²) in [6, 6.07) is 0. The van der Waals surface area contributed by atoms with Crippen molar-refractivity contribution in [3.05, 3.63) is 15.5 Å². The minimum Gasteiger partial charge on any atom is -0.232 e. The van der Waals surface area contributed by atoms with Crippen molar-refractivity contribution in [3.8, 4) is 0 Å². The van der Waals surface area contributed by atoms with Gasteiger partial charge in [-0.15, -0.1) is 11.3 Å². The first-order valence-corrected chi connectivity index (χ1v) is 3.34. The number of thiazole rings is 1. The van der Waals surface area contributed by atoms with E-state index in [9.17, 15) is 8.78 Å². The van der Waals surface area contributed by atoms with Gasteiger partial charge in [0.15, 0.2) is 0 Å². The highest BCUT2D eigenvalue weighted by Crippen LogP contribution is 2.29. The zero-order valence-electron chi connectivity index (χ0n) is 4.14. The van der Waals surface area contributed by atoms with Crippen LogP contribution in [0.2, 0.25) is 5.15 Å². The molecule has 1 rings (SSSR count). The third kappa shape index (κ3) is 1.37. The molecule has 0 saturated carbocycles. The molecule has 0 fully saturated rings. The van der Waals surface area contributed by atoms with Crippen molar-refractivity contribution in [2.75, 3.05) is 0 Å². The van der Waals surface area contributed by atoms with Gasteiger partial charge in [-0.2, -0.15) is 0 Å². The highest BCUT2D eigenvalue weighted by atomic mass is 35.5. The monoisotopic (exact) mass is 169 g/mol. The van der Waals surface area contributed by atoms with Gasteiger partial charge in [0.25, 0.3) is 6.43 Å². The van der Waals surface area contributed by atoms with Crippen LogP contribution in [0.4, 0.5) is 8.78 Å². The lowest BCUT2D eigenvalue weighted by molar-refractivity contribution is 0.155. The minimum atomic E-state index is -2.50. The molecule has 5 heteroatoms. The van der Waals surface area contributed by atoms with Crippen molar-refractivity contribution in [3.63, 3.8) is 0 Å². The van der Waals surface area contributed by atoms with Gasteiger partial charge in [-0.05, 0) is 0 Å². The van der Waals surface area contributed by atoms with E-state index in [-0.39, 0.29) is 10.0 Å². The van der Waals surface area contributed by atoms with Gasteiger partial charge < -0.3 is 0 Å². The highest BCUT2D eigenvalue weighted by molar-refractivity contribution is 7.10.